The van der Waals surface area contributed by atoms with Gasteiger partial charge in [0.1, 0.15) is 11.5 Å². The van der Waals surface area contributed by atoms with Gasteiger partial charge in [0, 0.05) is 12.7 Å². The molecule has 0 radical (unpaired) electrons. The number of hydrogen-bond donors (Lipinski definition) is 3. The lowest BCUT2D eigenvalue weighted by atomic mass is 10.2. The molecule has 1 aliphatic heterocycles. The van der Waals surface area contributed by atoms with Crippen molar-refractivity contribution in [3.05, 3.63) is 12.0 Å². The average Bonchev–Trinajstić information content (AvgIpc) is 2.16. The van der Waals surface area contributed by atoms with Crippen molar-refractivity contribution < 1.29 is 5.11 Å². The summed E-state index contributed by atoms with van der Waals surface area (Å²) in [5, 5.41) is 11.8. The number of hydrogen-bond acceptors (Lipinski definition) is 4. The van der Waals surface area contributed by atoms with E-state index in [0.29, 0.717) is 12.4 Å². The standard InChI is InChI=1S/C7H15N3O/c1-7(2)9-5-6(8)10(7)3-4-11/h5,9,11H,3-4,8H2,1-2H3. The first-order chi connectivity index (χ1) is 5.08. The third kappa shape index (κ3) is 1.40. The van der Waals surface area contributed by atoms with Crippen molar-refractivity contribution >= 4 is 0 Å². The summed E-state index contributed by atoms with van der Waals surface area (Å²) in [6.45, 7) is 4.72. The average molecular weight is 157 g/mol. The van der Waals surface area contributed by atoms with Gasteiger partial charge in [0.15, 0.2) is 0 Å². The van der Waals surface area contributed by atoms with Crippen molar-refractivity contribution in [2.24, 2.45) is 5.73 Å². The van der Waals surface area contributed by atoms with E-state index in [9.17, 15) is 0 Å². The zero-order valence-electron chi connectivity index (χ0n) is 6.96. The minimum Gasteiger partial charge on any atom is -0.395 e. The molecule has 4 heteroatoms. The number of β-amino-alcohol motifs (C(OH)–C–C–N with tert-alkyl or cyclic N) is 1. The smallest absolute Gasteiger partial charge is 0.117 e. The lowest BCUT2D eigenvalue weighted by Crippen LogP contribution is -2.48. The van der Waals surface area contributed by atoms with Crippen LogP contribution >= 0.6 is 0 Å². The Labute approximate surface area is 66.7 Å². The SMILES string of the molecule is CC1(C)NC=C(N)N1CCO. The summed E-state index contributed by atoms with van der Waals surface area (Å²) in [6.07, 6.45) is 1.76. The first-order valence-electron chi connectivity index (χ1n) is 3.70. The van der Waals surface area contributed by atoms with Gasteiger partial charge in [-0.1, -0.05) is 0 Å². The fourth-order valence-electron chi connectivity index (χ4n) is 1.24. The maximum Gasteiger partial charge on any atom is 0.117 e. The van der Waals surface area contributed by atoms with E-state index in [-0.39, 0.29) is 12.3 Å². The van der Waals surface area contributed by atoms with Gasteiger partial charge in [0.25, 0.3) is 0 Å². The van der Waals surface area contributed by atoms with Gasteiger partial charge in [0.2, 0.25) is 0 Å². The number of nitrogens with zero attached hydrogens (tertiary/aromatic N) is 1. The van der Waals surface area contributed by atoms with Crippen LogP contribution in [0, 0.1) is 0 Å². The van der Waals surface area contributed by atoms with Crippen LogP contribution in [0.15, 0.2) is 12.0 Å². The first-order valence-corrected chi connectivity index (χ1v) is 3.70. The van der Waals surface area contributed by atoms with Crippen molar-refractivity contribution in [1.29, 1.82) is 0 Å². The highest BCUT2D eigenvalue weighted by atomic mass is 16.3. The molecular formula is C7H15N3O. The Bertz CT molecular complexity index is 177. The van der Waals surface area contributed by atoms with E-state index in [2.05, 4.69) is 5.32 Å². The Hall–Kier alpha value is -0.900. The van der Waals surface area contributed by atoms with Crippen molar-refractivity contribution in [3.63, 3.8) is 0 Å². The van der Waals surface area contributed by atoms with Gasteiger partial charge in [-0.3, -0.25) is 0 Å². The van der Waals surface area contributed by atoms with Crippen molar-refractivity contribution in [3.8, 4) is 0 Å². The van der Waals surface area contributed by atoms with Gasteiger partial charge >= 0.3 is 0 Å². The molecule has 0 spiro atoms. The van der Waals surface area contributed by atoms with Gasteiger partial charge in [-0.05, 0) is 13.8 Å². The quantitative estimate of drug-likeness (QED) is 0.500. The second-order valence-corrected chi connectivity index (χ2v) is 3.15. The van der Waals surface area contributed by atoms with E-state index in [0.717, 1.165) is 0 Å². The Morgan fingerprint density at radius 3 is 2.73 bits per heavy atom. The maximum absolute atomic E-state index is 8.72. The summed E-state index contributed by atoms with van der Waals surface area (Å²) in [5.41, 5.74) is 5.49. The Morgan fingerprint density at radius 1 is 1.73 bits per heavy atom. The highest BCUT2D eigenvalue weighted by Gasteiger charge is 2.30. The molecule has 0 unspecified atom stereocenters. The summed E-state index contributed by atoms with van der Waals surface area (Å²) in [4.78, 5) is 1.92. The minimum absolute atomic E-state index is 0.125. The van der Waals surface area contributed by atoms with Crippen LogP contribution in [-0.4, -0.2) is 28.8 Å². The lowest BCUT2D eigenvalue weighted by molar-refractivity contribution is 0.133. The Balaban J connectivity index is 2.65. The van der Waals surface area contributed by atoms with Gasteiger partial charge < -0.3 is 21.1 Å². The van der Waals surface area contributed by atoms with Gasteiger partial charge in [0.05, 0.1) is 6.61 Å². The molecule has 0 saturated carbocycles. The number of rotatable bonds is 2. The molecule has 4 N–H and O–H groups in total. The van der Waals surface area contributed by atoms with Crippen LogP contribution in [0.5, 0.6) is 0 Å². The zero-order valence-corrected chi connectivity index (χ0v) is 6.96. The lowest BCUT2D eigenvalue weighted by Gasteiger charge is -2.33. The molecule has 1 heterocycles. The predicted octanol–water partition coefficient (Wildman–Crippen LogP) is -0.622. The van der Waals surface area contributed by atoms with Gasteiger partial charge in [-0.25, -0.2) is 0 Å². The third-order valence-corrected chi connectivity index (χ3v) is 1.88. The molecule has 0 saturated heterocycles. The highest BCUT2D eigenvalue weighted by molar-refractivity contribution is 5.08. The number of aliphatic hydroxyl groups is 1. The fourth-order valence-corrected chi connectivity index (χ4v) is 1.24. The number of aliphatic hydroxyl groups excluding tert-OH is 1. The van der Waals surface area contributed by atoms with Crippen molar-refractivity contribution in [1.82, 2.24) is 10.2 Å². The molecule has 0 atom stereocenters. The summed E-state index contributed by atoms with van der Waals surface area (Å²) in [7, 11) is 0. The normalized spacial score (nSPS) is 21.4. The molecule has 0 aromatic rings. The second kappa shape index (κ2) is 2.62. The zero-order chi connectivity index (χ0) is 8.48. The summed E-state index contributed by atoms with van der Waals surface area (Å²) in [6, 6.07) is 0. The van der Waals surface area contributed by atoms with Crippen molar-refractivity contribution in [2.75, 3.05) is 13.2 Å². The molecule has 0 bridgehead atoms. The molecular weight excluding hydrogens is 142 g/mol. The van der Waals surface area contributed by atoms with Crippen LogP contribution in [0.1, 0.15) is 13.8 Å². The van der Waals surface area contributed by atoms with E-state index in [4.69, 9.17) is 10.8 Å². The van der Waals surface area contributed by atoms with Crippen LogP contribution in [-0.2, 0) is 0 Å². The van der Waals surface area contributed by atoms with E-state index in [1.165, 1.54) is 0 Å². The molecule has 0 aromatic carbocycles. The summed E-state index contributed by atoms with van der Waals surface area (Å²) < 4.78 is 0. The van der Waals surface area contributed by atoms with E-state index < -0.39 is 0 Å². The largest absolute Gasteiger partial charge is 0.395 e. The predicted molar refractivity (Wildman–Crippen MR) is 43.3 cm³/mol. The minimum atomic E-state index is -0.160. The molecule has 0 amide bonds. The Kier molecular flexibility index (Phi) is 1.95. The molecule has 1 aliphatic rings. The molecule has 0 fully saturated rings. The fraction of sp³-hybridized carbons (Fsp3) is 0.714. The van der Waals surface area contributed by atoms with E-state index in [1.807, 2.05) is 18.7 Å². The third-order valence-electron chi connectivity index (χ3n) is 1.88. The topological polar surface area (TPSA) is 61.5 Å². The molecule has 0 aromatic heterocycles. The molecule has 0 aliphatic carbocycles. The number of nitrogens with one attached hydrogen (secondary N) is 1. The van der Waals surface area contributed by atoms with E-state index >= 15 is 0 Å². The highest BCUT2D eigenvalue weighted by Crippen LogP contribution is 2.18. The first kappa shape index (κ1) is 8.20. The molecule has 4 nitrogen and oxygen atoms in total. The van der Waals surface area contributed by atoms with E-state index in [1.54, 1.807) is 6.20 Å². The van der Waals surface area contributed by atoms with Gasteiger partial charge in [-0.15, -0.1) is 0 Å². The maximum atomic E-state index is 8.72. The summed E-state index contributed by atoms with van der Waals surface area (Å²) in [5.74, 6) is 0.684. The number of nitrogens with two attached hydrogens (primary N) is 1. The van der Waals surface area contributed by atoms with Crippen LogP contribution in [0.4, 0.5) is 0 Å². The van der Waals surface area contributed by atoms with Gasteiger partial charge in [-0.2, -0.15) is 0 Å². The van der Waals surface area contributed by atoms with Crippen LogP contribution in [0.2, 0.25) is 0 Å². The van der Waals surface area contributed by atoms with Crippen molar-refractivity contribution in [2.45, 2.75) is 19.5 Å². The molecule has 11 heavy (non-hydrogen) atoms. The van der Waals surface area contributed by atoms with Crippen LogP contribution in [0.3, 0.4) is 0 Å². The second-order valence-electron chi connectivity index (χ2n) is 3.15. The van der Waals surface area contributed by atoms with Crippen LogP contribution < -0.4 is 11.1 Å². The molecule has 64 valence electrons. The summed E-state index contributed by atoms with van der Waals surface area (Å²) >= 11 is 0. The monoisotopic (exact) mass is 157 g/mol. The van der Waals surface area contributed by atoms with Crippen LogP contribution in [0.25, 0.3) is 0 Å². The Morgan fingerprint density at radius 2 is 2.36 bits per heavy atom. The molecule has 1 rings (SSSR count).